The van der Waals surface area contributed by atoms with E-state index in [-0.39, 0.29) is 11.1 Å². The molecule has 6 heteroatoms. The number of unbranched alkanes of at least 4 members (excludes halogenated alkanes) is 4. The van der Waals surface area contributed by atoms with Crippen molar-refractivity contribution in [1.82, 2.24) is 0 Å². The molecule has 0 fully saturated rings. The zero-order valence-electron chi connectivity index (χ0n) is 32.5. The van der Waals surface area contributed by atoms with E-state index >= 15 is 0 Å². The topological polar surface area (TPSA) is 102 Å². The first-order valence-corrected chi connectivity index (χ1v) is 19.5. The standard InChI is InChI=1S/C50H50N2O4/c1-4-6-8-10-37-12-22-42(23-13-37)48(43-24-14-38(15-25-43)11-9-7-5-2)34-41-20-30-47(31-21-41)52(45-26-16-39(17-27-45)32-36(3)49(53)54)46-28-18-40(19-29-46)33-44(35-51)50(55)56/h12-34H,4-11H2,1-3H3,(H,53,54)(H,55,56)/b36-32-,44-33+. The molecule has 0 bridgehead atoms. The number of nitrogens with zero attached hydrogens (tertiary/aromatic N) is 2. The number of aryl methyl sites for hydroxylation is 2. The van der Waals surface area contributed by atoms with Crippen molar-refractivity contribution in [2.24, 2.45) is 0 Å². The molecule has 5 aromatic carbocycles. The molecule has 0 aliphatic rings. The molecule has 0 aliphatic carbocycles. The number of nitriles is 1. The lowest BCUT2D eigenvalue weighted by atomic mass is 9.93. The molecule has 56 heavy (non-hydrogen) atoms. The van der Waals surface area contributed by atoms with Gasteiger partial charge >= 0.3 is 11.9 Å². The average molecular weight is 743 g/mol. The summed E-state index contributed by atoms with van der Waals surface area (Å²) in [5.41, 5.74) is 11.1. The van der Waals surface area contributed by atoms with E-state index in [1.54, 1.807) is 31.2 Å². The summed E-state index contributed by atoms with van der Waals surface area (Å²) in [6.07, 6.45) is 14.7. The van der Waals surface area contributed by atoms with Crippen LogP contribution in [0.2, 0.25) is 0 Å². The van der Waals surface area contributed by atoms with E-state index in [0.717, 1.165) is 57.7 Å². The number of hydrogen-bond acceptors (Lipinski definition) is 4. The fourth-order valence-corrected chi connectivity index (χ4v) is 6.59. The second-order valence-electron chi connectivity index (χ2n) is 14.1. The fourth-order valence-electron chi connectivity index (χ4n) is 6.59. The van der Waals surface area contributed by atoms with Crippen molar-refractivity contribution in [3.05, 3.63) is 171 Å². The van der Waals surface area contributed by atoms with Crippen LogP contribution < -0.4 is 4.90 Å². The lowest BCUT2D eigenvalue weighted by molar-refractivity contribution is -0.133. The molecule has 5 rings (SSSR count). The molecule has 0 spiro atoms. The molecular formula is C50H50N2O4. The number of carboxylic acids is 2. The molecule has 284 valence electrons. The Morgan fingerprint density at radius 3 is 1.30 bits per heavy atom. The van der Waals surface area contributed by atoms with Gasteiger partial charge in [-0.1, -0.05) is 124 Å². The number of carbonyl (C=O) groups is 2. The summed E-state index contributed by atoms with van der Waals surface area (Å²) in [6, 6.07) is 43.1. The molecule has 0 atom stereocenters. The third kappa shape index (κ3) is 11.3. The van der Waals surface area contributed by atoms with Crippen molar-refractivity contribution in [2.45, 2.75) is 72.1 Å². The van der Waals surface area contributed by atoms with Gasteiger partial charge in [0.1, 0.15) is 11.6 Å². The SMILES string of the molecule is CCCCCc1ccc(C(=Cc2ccc(N(c3ccc(/C=C(/C)C(=O)O)cc3)c3ccc(/C=C(\C#N)C(=O)O)cc3)cc2)c2ccc(CCCCC)cc2)cc1. The Morgan fingerprint density at radius 2 is 0.946 bits per heavy atom. The first-order valence-electron chi connectivity index (χ1n) is 19.5. The second-order valence-corrected chi connectivity index (χ2v) is 14.1. The minimum atomic E-state index is -1.28. The molecule has 0 unspecified atom stereocenters. The molecule has 6 nitrogen and oxygen atoms in total. The Labute approximate surface area is 331 Å². The van der Waals surface area contributed by atoms with Crippen molar-refractivity contribution < 1.29 is 19.8 Å². The van der Waals surface area contributed by atoms with Gasteiger partial charge in [-0.25, -0.2) is 9.59 Å². The third-order valence-electron chi connectivity index (χ3n) is 9.82. The number of rotatable bonds is 18. The van der Waals surface area contributed by atoms with E-state index in [9.17, 15) is 25.1 Å². The van der Waals surface area contributed by atoms with Gasteiger partial charge < -0.3 is 15.1 Å². The van der Waals surface area contributed by atoms with E-state index in [0.29, 0.717) is 5.56 Å². The Morgan fingerprint density at radius 1 is 0.554 bits per heavy atom. The van der Waals surface area contributed by atoms with Crippen LogP contribution >= 0.6 is 0 Å². The summed E-state index contributed by atoms with van der Waals surface area (Å²) in [6.45, 7) is 6.03. The molecule has 0 aliphatic heterocycles. The molecule has 0 amide bonds. The summed E-state index contributed by atoms with van der Waals surface area (Å²) in [5, 5.41) is 28.0. The van der Waals surface area contributed by atoms with Crippen LogP contribution in [0.15, 0.2) is 132 Å². The number of aliphatic carboxylic acids is 2. The highest BCUT2D eigenvalue weighted by molar-refractivity contribution is 5.96. The zero-order valence-corrected chi connectivity index (χ0v) is 32.5. The van der Waals surface area contributed by atoms with Gasteiger partial charge in [0, 0.05) is 22.6 Å². The Kier molecular flexibility index (Phi) is 14.8. The first-order chi connectivity index (χ1) is 27.2. The van der Waals surface area contributed by atoms with Crippen molar-refractivity contribution in [3.63, 3.8) is 0 Å². The molecular weight excluding hydrogens is 693 g/mol. The van der Waals surface area contributed by atoms with E-state index in [1.165, 1.54) is 55.7 Å². The van der Waals surface area contributed by atoms with Gasteiger partial charge in [0.25, 0.3) is 0 Å². The van der Waals surface area contributed by atoms with E-state index in [2.05, 4.69) is 97.6 Å². The summed E-state index contributed by atoms with van der Waals surface area (Å²) < 4.78 is 0. The highest BCUT2D eigenvalue weighted by atomic mass is 16.4. The zero-order chi connectivity index (χ0) is 39.9. The van der Waals surface area contributed by atoms with Crippen LogP contribution in [0.5, 0.6) is 0 Å². The van der Waals surface area contributed by atoms with Crippen molar-refractivity contribution in [2.75, 3.05) is 4.90 Å². The van der Waals surface area contributed by atoms with Crippen molar-refractivity contribution in [1.29, 1.82) is 5.26 Å². The molecule has 0 saturated heterocycles. The van der Waals surface area contributed by atoms with Crippen LogP contribution in [0.3, 0.4) is 0 Å². The normalized spacial score (nSPS) is 11.5. The number of carboxylic acid groups (broad SMARTS) is 2. The van der Waals surface area contributed by atoms with E-state index < -0.39 is 11.9 Å². The maximum atomic E-state index is 11.4. The summed E-state index contributed by atoms with van der Waals surface area (Å²) in [4.78, 5) is 25.0. The van der Waals surface area contributed by atoms with Gasteiger partial charge in [-0.3, -0.25) is 0 Å². The number of benzene rings is 5. The second kappa shape index (κ2) is 20.3. The largest absolute Gasteiger partial charge is 0.478 e. The molecule has 0 radical (unpaired) electrons. The minimum Gasteiger partial charge on any atom is -0.478 e. The molecule has 5 aromatic rings. The molecule has 0 heterocycles. The van der Waals surface area contributed by atoms with Crippen LogP contribution in [0.25, 0.3) is 23.8 Å². The van der Waals surface area contributed by atoms with E-state index in [1.807, 2.05) is 36.4 Å². The van der Waals surface area contributed by atoms with E-state index in [4.69, 9.17) is 0 Å². The highest BCUT2D eigenvalue weighted by Crippen LogP contribution is 2.36. The third-order valence-corrected chi connectivity index (χ3v) is 9.82. The predicted molar refractivity (Wildman–Crippen MR) is 230 cm³/mol. The Hall–Kier alpha value is -6.45. The van der Waals surface area contributed by atoms with Crippen LogP contribution in [0.1, 0.15) is 98.2 Å². The Bertz CT molecular complexity index is 2150. The van der Waals surface area contributed by atoms with Gasteiger partial charge in [-0.2, -0.15) is 5.26 Å². The summed E-state index contributed by atoms with van der Waals surface area (Å²) in [5.74, 6) is -2.25. The van der Waals surface area contributed by atoms with Crippen LogP contribution in [0, 0.1) is 11.3 Å². The maximum Gasteiger partial charge on any atom is 0.346 e. The summed E-state index contributed by atoms with van der Waals surface area (Å²) >= 11 is 0. The maximum absolute atomic E-state index is 11.4. The van der Waals surface area contributed by atoms with Crippen molar-refractivity contribution >= 4 is 52.8 Å². The predicted octanol–water partition coefficient (Wildman–Crippen LogP) is 12.7. The highest BCUT2D eigenvalue weighted by Gasteiger charge is 2.14. The lowest BCUT2D eigenvalue weighted by Crippen LogP contribution is -2.10. The van der Waals surface area contributed by atoms with Gasteiger partial charge in [0.15, 0.2) is 0 Å². The summed E-state index contributed by atoms with van der Waals surface area (Å²) in [7, 11) is 0. The van der Waals surface area contributed by atoms with Gasteiger partial charge in [0.05, 0.1) is 0 Å². The number of anilines is 3. The van der Waals surface area contributed by atoms with Crippen molar-refractivity contribution in [3.8, 4) is 6.07 Å². The molecule has 0 saturated carbocycles. The monoisotopic (exact) mass is 742 g/mol. The van der Waals surface area contributed by atoms with Crippen LogP contribution in [0.4, 0.5) is 17.1 Å². The Balaban J connectivity index is 1.52. The quantitative estimate of drug-likeness (QED) is 0.0401. The minimum absolute atomic E-state index is 0.241. The smallest absolute Gasteiger partial charge is 0.346 e. The van der Waals surface area contributed by atoms with Crippen LogP contribution in [-0.2, 0) is 22.4 Å². The average Bonchev–Trinajstić information content (AvgIpc) is 3.21. The first kappa shape index (κ1) is 40.7. The van der Waals surface area contributed by atoms with Gasteiger partial charge in [0.2, 0.25) is 0 Å². The lowest BCUT2D eigenvalue weighted by Gasteiger charge is -2.26. The molecule has 0 aromatic heterocycles. The fraction of sp³-hybridized carbons (Fsp3) is 0.220. The molecule has 2 N–H and O–H groups in total. The van der Waals surface area contributed by atoms with Crippen LogP contribution in [-0.4, -0.2) is 22.2 Å². The van der Waals surface area contributed by atoms with Gasteiger partial charge in [-0.05, 0) is 132 Å². The number of hydrogen-bond donors (Lipinski definition) is 2. The van der Waals surface area contributed by atoms with Gasteiger partial charge in [-0.15, -0.1) is 0 Å².